The maximum atomic E-state index is 5.83. The molecule has 2 nitrogen and oxygen atoms in total. The van der Waals surface area contributed by atoms with E-state index in [0.29, 0.717) is 0 Å². The Morgan fingerprint density at radius 3 is 2.60 bits per heavy atom. The van der Waals surface area contributed by atoms with Gasteiger partial charge in [0.05, 0.1) is 6.10 Å². The third-order valence-corrected chi connectivity index (χ3v) is 3.68. The highest BCUT2D eigenvalue weighted by Crippen LogP contribution is 2.20. The first kappa shape index (κ1) is 14.9. The smallest absolute Gasteiger partial charge is 0.121 e. The van der Waals surface area contributed by atoms with Gasteiger partial charge in [-0.2, -0.15) is 0 Å². The molecule has 0 fully saturated rings. The van der Waals surface area contributed by atoms with Crippen LogP contribution < -0.4 is 10.1 Å². The second-order valence-corrected chi connectivity index (χ2v) is 5.76. The summed E-state index contributed by atoms with van der Waals surface area (Å²) in [5.41, 5.74) is 2.33. The van der Waals surface area contributed by atoms with E-state index in [-0.39, 0.29) is 6.10 Å². The quantitative estimate of drug-likeness (QED) is 0.780. The Morgan fingerprint density at radius 1 is 1.15 bits per heavy atom. The summed E-state index contributed by atoms with van der Waals surface area (Å²) in [4.78, 5) is 0. The molecule has 2 aromatic rings. The molecule has 0 aliphatic carbocycles. The molecule has 0 heterocycles. The van der Waals surface area contributed by atoms with Gasteiger partial charge in [0.15, 0.2) is 0 Å². The van der Waals surface area contributed by atoms with Crippen LogP contribution in [-0.4, -0.2) is 6.10 Å². The summed E-state index contributed by atoms with van der Waals surface area (Å²) in [7, 11) is 0. The third kappa shape index (κ3) is 4.57. The lowest BCUT2D eigenvalue weighted by Crippen LogP contribution is -2.09. The summed E-state index contributed by atoms with van der Waals surface area (Å²) < 4.78 is 6.93. The largest absolute Gasteiger partial charge is 0.491 e. The molecule has 2 aromatic carbocycles. The number of halogens is 1. The average molecular weight is 334 g/mol. The van der Waals surface area contributed by atoms with Crippen LogP contribution >= 0.6 is 15.9 Å². The fourth-order valence-corrected chi connectivity index (χ4v) is 2.07. The zero-order valence-corrected chi connectivity index (χ0v) is 13.5. The third-order valence-electron chi connectivity index (χ3n) is 3.16. The summed E-state index contributed by atoms with van der Waals surface area (Å²) >= 11 is 3.44. The summed E-state index contributed by atoms with van der Waals surface area (Å²) in [6.07, 6.45) is 1.26. The van der Waals surface area contributed by atoms with Crippen LogP contribution in [0.4, 0.5) is 5.69 Å². The first-order valence-electron chi connectivity index (χ1n) is 6.92. The molecule has 1 N–H and O–H groups in total. The number of anilines is 1. The Bertz CT molecular complexity index is 539. The Morgan fingerprint density at radius 2 is 1.90 bits per heavy atom. The van der Waals surface area contributed by atoms with Crippen LogP contribution in [0.25, 0.3) is 0 Å². The lowest BCUT2D eigenvalue weighted by atomic mass is 10.2. The summed E-state index contributed by atoms with van der Waals surface area (Å²) in [6, 6.07) is 16.4. The molecule has 0 aromatic heterocycles. The highest BCUT2D eigenvalue weighted by atomic mass is 79.9. The molecule has 1 unspecified atom stereocenters. The van der Waals surface area contributed by atoms with Crippen molar-refractivity contribution < 1.29 is 4.74 Å². The summed E-state index contributed by atoms with van der Waals surface area (Å²) in [6.45, 7) is 5.02. The van der Waals surface area contributed by atoms with Crippen LogP contribution in [0.15, 0.2) is 53.0 Å². The highest BCUT2D eigenvalue weighted by molar-refractivity contribution is 9.10. The number of hydrogen-bond donors (Lipinski definition) is 1. The molecule has 0 radical (unpaired) electrons. The Kier molecular flexibility index (Phi) is 5.48. The normalized spacial score (nSPS) is 11.9. The fraction of sp³-hybridized carbons (Fsp3) is 0.294. The summed E-state index contributed by atoms with van der Waals surface area (Å²) in [5.74, 6) is 0.917. The molecule has 0 spiro atoms. The number of ether oxygens (including phenoxy) is 1. The highest BCUT2D eigenvalue weighted by Gasteiger charge is 2.02. The molecule has 1 atom stereocenters. The van der Waals surface area contributed by atoms with Gasteiger partial charge in [-0.25, -0.2) is 0 Å². The van der Waals surface area contributed by atoms with Gasteiger partial charge in [-0.15, -0.1) is 0 Å². The molecule has 0 bridgehead atoms. The minimum absolute atomic E-state index is 0.247. The van der Waals surface area contributed by atoms with E-state index in [4.69, 9.17) is 4.74 Å². The van der Waals surface area contributed by atoms with Crippen molar-refractivity contribution in [3.8, 4) is 5.75 Å². The van der Waals surface area contributed by atoms with E-state index in [1.165, 1.54) is 5.56 Å². The molecule has 0 saturated carbocycles. The van der Waals surface area contributed by atoms with Crippen LogP contribution in [0.3, 0.4) is 0 Å². The number of hydrogen-bond acceptors (Lipinski definition) is 2. The van der Waals surface area contributed by atoms with Gasteiger partial charge in [-0.1, -0.05) is 41.1 Å². The molecule has 0 saturated heterocycles. The monoisotopic (exact) mass is 333 g/mol. The lowest BCUT2D eigenvalue weighted by Gasteiger charge is -2.14. The van der Waals surface area contributed by atoms with E-state index >= 15 is 0 Å². The van der Waals surface area contributed by atoms with Gasteiger partial charge in [-0.05, 0) is 43.2 Å². The molecular weight excluding hydrogens is 314 g/mol. The van der Waals surface area contributed by atoms with Crippen molar-refractivity contribution in [2.45, 2.75) is 32.9 Å². The molecular formula is C17H20BrNO. The van der Waals surface area contributed by atoms with Crippen molar-refractivity contribution in [1.82, 2.24) is 0 Å². The Hall–Kier alpha value is -1.48. The van der Waals surface area contributed by atoms with Crippen molar-refractivity contribution >= 4 is 21.6 Å². The van der Waals surface area contributed by atoms with Gasteiger partial charge in [0, 0.05) is 22.8 Å². The van der Waals surface area contributed by atoms with Gasteiger partial charge in [0.25, 0.3) is 0 Å². The van der Waals surface area contributed by atoms with Crippen molar-refractivity contribution in [2.24, 2.45) is 0 Å². The van der Waals surface area contributed by atoms with Gasteiger partial charge < -0.3 is 10.1 Å². The predicted octanol–water partition coefficient (Wildman–Crippen LogP) is 5.24. The van der Waals surface area contributed by atoms with Crippen molar-refractivity contribution in [1.29, 1.82) is 0 Å². The van der Waals surface area contributed by atoms with E-state index in [1.807, 2.05) is 18.2 Å². The van der Waals surface area contributed by atoms with Crippen molar-refractivity contribution in [2.75, 3.05) is 5.32 Å². The molecule has 106 valence electrons. The van der Waals surface area contributed by atoms with Crippen LogP contribution in [0.2, 0.25) is 0 Å². The number of rotatable bonds is 6. The maximum Gasteiger partial charge on any atom is 0.121 e. The second-order valence-electron chi connectivity index (χ2n) is 4.84. The standard InChI is InChI=1S/C17H20BrNO/c1-3-13(2)20-17-6-4-5-16(11-17)19-12-14-7-9-15(18)10-8-14/h4-11,13,19H,3,12H2,1-2H3. The van der Waals surface area contributed by atoms with E-state index in [1.54, 1.807) is 0 Å². The van der Waals surface area contributed by atoms with Gasteiger partial charge >= 0.3 is 0 Å². The minimum Gasteiger partial charge on any atom is -0.491 e. The molecule has 0 amide bonds. The van der Waals surface area contributed by atoms with E-state index in [0.717, 1.165) is 28.9 Å². The maximum absolute atomic E-state index is 5.83. The molecule has 0 aliphatic rings. The van der Waals surface area contributed by atoms with Gasteiger partial charge in [-0.3, -0.25) is 0 Å². The lowest BCUT2D eigenvalue weighted by molar-refractivity contribution is 0.217. The van der Waals surface area contributed by atoms with E-state index < -0.39 is 0 Å². The van der Waals surface area contributed by atoms with Crippen molar-refractivity contribution in [3.05, 3.63) is 58.6 Å². The molecule has 3 heteroatoms. The van der Waals surface area contributed by atoms with Gasteiger partial charge in [0.1, 0.15) is 5.75 Å². The zero-order valence-electron chi connectivity index (χ0n) is 11.9. The SMILES string of the molecule is CCC(C)Oc1cccc(NCc2ccc(Br)cc2)c1. The minimum atomic E-state index is 0.247. The zero-order chi connectivity index (χ0) is 14.4. The molecule has 0 aliphatic heterocycles. The number of benzene rings is 2. The predicted molar refractivity (Wildman–Crippen MR) is 88.3 cm³/mol. The average Bonchev–Trinajstić information content (AvgIpc) is 2.47. The first-order chi connectivity index (χ1) is 9.67. The van der Waals surface area contributed by atoms with Crippen LogP contribution in [-0.2, 0) is 6.54 Å². The van der Waals surface area contributed by atoms with Crippen LogP contribution in [0, 0.1) is 0 Å². The first-order valence-corrected chi connectivity index (χ1v) is 7.71. The van der Waals surface area contributed by atoms with Gasteiger partial charge in [0.2, 0.25) is 0 Å². The molecule has 20 heavy (non-hydrogen) atoms. The van der Waals surface area contributed by atoms with E-state index in [9.17, 15) is 0 Å². The number of nitrogens with one attached hydrogen (secondary N) is 1. The van der Waals surface area contributed by atoms with Crippen molar-refractivity contribution in [3.63, 3.8) is 0 Å². The Labute approximate surface area is 129 Å². The van der Waals surface area contributed by atoms with Crippen LogP contribution in [0.1, 0.15) is 25.8 Å². The fourth-order valence-electron chi connectivity index (χ4n) is 1.80. The Balaban J connectivity index is 1.95. The second kappa shape index (κ2) is 7.34. The topological polar surface area (TPSA) is 21.3 Å². The van der Waals surface area contributed by atoms with Crippen LogP contribution in [0.5, 0.6) is 5.75 Å². The molecule has 2 rings (SSSR count). The van der Waals surface area contributed by atoms with E-state index in [2.05, 4.69) is 65.4 Å². The summed E-state index contributed by atoms with van der Waals surface area (Å²) in [5, 5.41) is 3.42.